The quantitative estimate of drug-likeness (QED) is 0.750. The van der Waals surface area contributed by atoms with Gasteiger partial charge < -0.3 is 4.43 Å². The Morgan fingerprint density at radius 3 is 2.00 bits per heavy atom. The molecule has 2 nitrogen and oxygen atoms in total. The lowest BCUT2D eigenvalue weighted by Gasteiger charge is -2.38. The third kappa shape index (κ3) is 4.01. The Morgan fingerprint density at radius 1 is 1.16 bits per heavy atom. The molecule has 0 radical (unpaired) electrons. The second-order valence-electron chi connectivity index (χ2n) is 6.78. The monoisotopic (exact) mass is 278 g/mol. The zero-order valence-corrected chi connectivity index (χ0v) is 14.2. The highest BCUT2D eigenvalue weighted by molar-refractivity contribution is 6.74. The number of hydrogen-bond donors (Lipinski definition) is 0. The van der Waals surface area contributed by atoms with E-state index in [0.717, 1.165) is 5.56 Å². The first-order chi connectivity index (χ1) is 8.54. The van der Waals surface area contributed by atoms with E-state index in [1.165, 1.54) is 5.56 Å². The van der Waals surface area contributed by atoms with Gasteiger partial charge in [-0.3, -0.25) is 4.79 Å². The standard InChI is InChI=1S/C16H26O2Si/c1-12-8-10-14(11-9-12)15(13(2)17)18-19(6,7)16(3,4)5/h8-11,15H,1-7H3. The van der Waals surface area contributed by atoms with Gasteiger partial charge in [0.25, 0.3) is 0 Å². The van der Waals surface area contributed by atoms with E-state index in [4.69, 9.17) is 4.43 Å². The molecule has 0 aromatic heterocycles. The van der Waals surface area contributed by atoms with Crippen LogP contribution in [0.25, 0.3) is 0 Å². The van der Waals surface area contributed by atoms with Crippen molar-refractivity contribution in [1.82, 2.24) is 0 Å². The average molecular weight is 278 g/mol. The van der Waals surface area contributed by atoms with Crippen LogP contribution in [0.3, 0.4) is 0 Å². The molecule has 1 atom stereocenters. The van der Waals surface area contributed by atoms with Gasteiger partial charge in [-0.05, 0) is 37.5 Å². The zero-order valence-electron chi connectivity index (χ0n) is 13.2. The number of carbonyl (C=O) groups excluding carboxylic acids is 1. The average Bonchev–Trinajstić information content (AvgIpc) is 2.25. The summed E-state index contributed by atoms with van der Waals surface area (Å²) in [4.78, 5) is 11.9. The van der Waals surface area contributed by atoms with E-state index in [2.05, 4.69) is 33.9 Å². The molecular formula is C16H26O2Si. The van der Waals surface area contributed by atoms with Crippen molar-refractivity contribution in [3.63, 3.8) is 0 Å². The summed E-state index contributed by atoms with van der Waals surface area (Å²) in [6.45, 7) is 14.6. The van der Waals surface area contributed by atoms with E-state index in [-0.39, 0.29) is 10.8 Å². The summed E-state index contributed by atoms with van der Waals surface area (Å²) < 4.78 is 6.28. The van der Waals surface area contributed by atoms with Gasteiger partial charge in [0.2, 0.25) is 0 Å². The summed E-state index contributed by atoms with van der Waals surface area (Å²) in [6, 6.07) is 8.05. The molecule has 0 spiro atoms. The molecule has 1 rings (SSSR count). The number of aryl methyl sites for hydroxylation is 1. The SMILES string of the molecule is CC(=O)C(O[Si](C)(C)C(C)(C)C)c1ccc(C)cc1. The number of benzene rings is 1. The highest BCUT2D eigenvalue weighted by Crippen LogP contribution is 2.39. The molecule has 0 aliphatic heterocycles. The van der Waals surface area contributed by atoms with E-state index < -0.39 is 14.4 Å². The lowest BCUT2D eigenvalue weighted by atomic mass is 10.1. The van der Waals surface area contributed by atoms with Crippen LogP contribution in [-0.2, 0) is 9.22 Å². The van der Waals surface area contributed by atoms with Gasteiger partial charge in [-0.25, -0.2) is 0 Å². The fourth-order valence-corrected chi connectivity index (χ4v) is 2.84. The van der Waals surface area contributed by atoms with Crippen molar-refractivity contribution in [2.24, 2.45) is 0 Å². The van der Waals surface area contributed by atoms with E-state index in [0.29, 0.717) is 0 Å². The smallest absolute Gasteiger partial charge is 0.193 e. The van der Waals surface area contributed by atoms with Crippen molar-refractivity contribution in [2.75, 3.05) is 0 Å². The summed E-state index contributed by atoms with van der Waals surface area (Å²) in [5.74, 6) is 0.0775. The fraction of sp³-hybridized carbons (Fsp3) is 0.562. The van der Waals surface area contributed by atoms with E-state index >= 15 is 0 Å². The fourth-order valence-electron chi connectivity index (χ4n) is 1.60. The van der Waals surface area contributed by atoms with Crippen molar-refractivity contribution >= 4 is 14.1 Å². The molecule has 1 aromatic carbocycles. The highest BCUT2D eigenvalue weighted by atomic mass is 28.4. The molecule has 3 heteroatoms. The second kappa shape index (κ2) is 5.59. The van der Waals surface area contributed by atoms with E-state index in [1.807, 2.05) is 31.2 Å². The third-order valence-corrected chi connectivity index (χ3v) is 8.41. The number of ketones is 1. The van der Waals surface area contributed by atoms with Gasteiger partial charge in [-0.15, -0.1) is 0 Å². The Hall–Kier alpha value is -0.933. The van der Waals surface area contributed by atoms with Gasteiger partial charge in [0, 0.05) is 0 Å². The van der Waals surface area contributed by atoms with Crippen LogP contribution in [-0.4, -0.2) is 14.1 Å². The Bertz CT molecular complexity index is 441. The van der Waals surface area contributed by atoms with Crippen molar-refractivity contribution in [3.05, 3.63) is 35.4 Å². The molecule has 0 aliphatic carbocycles. The molecule has 0 fully saturated rings. The van der Waals surface area contributed by atoms with Crippen LogP contribution in [0.2, 0.25) is 18.1 Å². The van der Waals surface area contributed by atoms with Crippen LogP contribution in [0.4, 0.5) is 0 Å². The first-order valence-corrected chi connectivity index (χ1v) is 9.70. The Labute approximate surface area is 118 Å². The van der Waals surface area contributed by atoms with Crippen molar-refractivity contribution in [3.8, 4) is 0 Å². The predicted molar refractivity (Wildman–Crippen MR) is 82.9 cm³/mol. The summed E-state index contributed by atoms with van der Waals surface area (Å²) in [5.41, 5.74) is 2.15. The molecule has 19 heavy (non-hydrogen) atoms. The second-order valence-corrected chi connectivity index (χ2v) is 11.5. The molecule has 0 bridgehead atoms. The molecule has 106 valence electrons. The Morgan fingerprint density at radius 2 is 1.63 bits per heavy atom. The number of hydrogen-bond acceptors (Lipinski definition) is 2. The topological polar surface area (TPSA) is 26.3 Å². The van der Waals surface area contributed by atoms with E-state index in [1.54, 1.807) is 6.92 Å². The van der Waals surface area contributed by atoms with Gasteiger partial charge in [0.05, 0.1) is 0 Å². The van der Waals surface area contributed by atoms with Crippen LogP contribution in [0.15, 0.2) is 24.3 Å². The summed E-state index contributed by atoms with van der Waals surface area (Å²) in [5, 5.41) is 0.103. The summed E-state index contributed by atoms with van der Waals surface area (Å²) in [7, 11) is -1.95. The largest absolute Gasteiger partial charge is 0.403 e. The lowest BCUT2D eigenvalue weighted by molar-refractivity contribution is -0.124. The lowest BCUT2D eigenvalue weighted by Crippen LogP contribution is -2.43. The minimum atomic E-state index is -1.95. The normalized spacial score (nSPS) is 14.3. The maximum absolute atomic E-state index is 11.9. The van der Waals surface area contributed by atoms with Crippen LogP contribution in [0.5, 0.6) is 0 Å². The maximum atomic E-state index is 11.9. The van der Waals surface area contributed by atoms with Gasteiger partial charge in [-0.1, -0.05) is 50.6 Å². The molecule has 0 heterocycles. The minimum Gasteiger partial charge on any atom is -0.403 e. The molecule has 0 saturated carbocycles. The molecule has 1 unspecified atom stereocenters. The van der Waals surface area contributed by atoms with E-state index in [9.17, 15) is 4.79 Å². The van der Waals surface area contributed by atoms with Gasteiger partial charge in [-0.2, -0.15) is 0 Å². The molecule has 0 aliphatic rings. The first kappa shape index (κ1) is 16.1. The number of Topliss-reactive ketones (excluding diaryl/α,β-unsaturated/α-hetero) is 1. The van der Waals surface area contributed by atoms with Crippen LogP contribution >= 0.6 is 0 Å². The van der Waals surface area contributed by atoms with Crippen LogP contribution < -0.4 is 0 Å². The van der Waals surface area contributed by atoms with Crippen LogP contribution in [0.1, 0.15) is 44.9 Å². The van der Waals surface area contributed by atoms with Gasteiger partial charge >= 0.3 is 0 Å². The minimum absolute atomic E-state index is 0.0775. The first-order valence-electron chi connectivity index (χ1n) is 6.79. The van der Waals surface area contributed by atoms with Crippen molar-refractivity contribution in [1.29, 1.82) is 0 Å². The van der Waals surface area contributed by atoms with Gasteiger partial charge in [0.1, 0.15) is 6.10 Å². The predicted octanol–water partition coefficient (Wildman–Crippen LogP) is 4.65. The molecule has 0 N–H and O–H groups in total. The summed E-state index contributed by atoms with van der Waals surface area (Å²) in [6.07, 6.45) is -0.429. The maximum Gasteiger partial charge on any atom is 0.193 e. The third-order valence-electron chi connectivity index (χ3n) is 3.97. The number of rotatable bonds is 4. The molecule has 1 aromatic rings. The molecule has 0 amide bonds. The molecule has 0 saturated heterocycles. The highest BCUT2D eigenvalue weighted by Gasteiger charge is 2.40. The van der Waals surface area contributed by atoms with Crippen molar-refractivity contribution in [2.45, 2.75) is 58.9 Å². The van der Waals surface area contributed by atoms with Crippen LogP contribution in [0, 0.1) is 6.92 Å². The van der Waals surface area contributed by atoms with Gasteiger partial charge in [0.15, 0.2) is 14.1 Å². The summed E-state index contributed by atoms with van der Waals surface area (Å²) >= 11 is 0. The van der Waals surface area contributed by atoms with Crippen molar-refractivity contribution < 1.29 is 9.22 Å². The zero-order chi connectivity index (χ0) is 14.8. The Balaban J connectivity index is 3.04. The molecular weight excluding hydrogens is 252 g/mol. The number of carbonyl (C=O) groups is 1. The Kier molecular flexibility index (Phi) is 4.75.